The molecule has 12 heteroatoms. The fourth-order valence-corrected chi connectivity index (χ4v) is 8.51. The number of fused-ring (bicyclic) bond motifs is 2. The van der Waals surface area contributed by atoms with E-state index in [1.165, 1.54) is 22.5 Å². The maximum atomic E-state index is 11.8. The molecule has 2 aromatic rings. The number of benzene rings is 2. The molecular weight excluding hydrogens is 728 g/mol. The Hall–Kier alpha value is -3.26. The molecule has 57 heavy (non-hydrogen) atoms. The highest BCUT2D eigenvalue weighted by molar-refractivity contribution is 5.70. The normalized spacial score (nSPS) is 32.0. The van der Waals surface area contributed by atoms with Gasteiger partial charge in [-0.15, -0.1) is 0 Å². The number of rotatable bonds is 21. The molecule has 310 valence electrons. The van der Waals surface area contributed by atoms with Crippen LogP contribution in [0.2, 0.25) is 0 Å². The van der Waals surface area contributed by atoms with E-state index in [1.807, 2.05) is 0 Å². The number of anilines is 2. The van der Waals surface area contributed by atoms with Crippen LogP contribution in [-0.2, 0) is 53.9 Å². The van der Waals surface area contributed by atoms with Crippen LogP contribution < -0.4 is 9.80 Å². The van der Waals surface area contributed by atoms with Crippen molar-refractivity contribution in [2.45, 2.75) is 119 Å². The van der Waals surface area contributed by atoms with Crippen molar-refractivity contribution in [1.29, 1.82) is 0 Å². The molecule has 0 N–H and O–H groups in total. The number of hydrogen-bond acceptors (Lipinski definition) is 12. The van der Waals surface area contributed by atoms with Gasteiger partial charge in [-0.25, -0.2) is 0 Å². The summed E-state index contributed by atoms with van der Waals surface area (Å²) in [5.74, 6) is 0.597. The first-order valence-electron chi connectivity index (χ1n) is 21.7. The molecular formula is C45H60N2O10. The molecule has 0 bridgehead atoms. The van der Waals surface area contributed by atoms with Gasteiger partial charge in [0.05, 0.1) is 88.5 Å². The third-order valence-corrected chi connectivity index (χ3v) is 12.5. The third-order valence-electron chi connectivity index (χ3n) is 12.5. The van der Waals surface area contributed by atoms with Crippen molar-refractivity contribution in [3.05, 3.63) is 59.7 Å². The van der Waals surface area contributed by atoms with E-state index in [0.29, 0.717) is 99.6 Å². The molecule has 2 aromatic carbocycles. The van der Waals surface area contributed by atoms with Crippen LogP contribution in [0.1, 0.15) is 75.3 Å². The highest BCUT2D eigenvalue weighted by atomic mass is 16.6. The minimum atomic E-state index is -0.154. The summed E-state index contributed by atoms with van der Waals surface area (Å²) in [4.78, 5) is 28.4. The molecule has 0 spiro atoms. The van der Waals surface area contributed by atoms with Crippen LogP contribution in [0.25, 0.3) is 0 Å². The first-order chi connectivity index (χ1) is 28.0. The first-order valence-corrected chi connectivity index (χ1v) is 21.7. The Bertz CT molecular complexity index is 1480. The number of epoxide rings is 6. The maximum Gasteiger partial charge on any atom is 0.305 e. The molecule has 8 fully saturated rings. The molecule has 0 radical (unpaired) electrons. The second kappa shape index (κ2) is 18.3. The predicted molar refractivity (Wildman–Crippen MR) is 211 cm³/mol. The molecule has 0 amide bonds. The van der Waals surface area contributed by atoms with Crippen molar-refractivity contribution in [2.75, 3.05) is 75.6 Å². The molecule has 6 heterocycles. The van der Waals surface area contributed by atoms with E-state index in [-0.39, 0.29) is 11.9 Å². The third kappa shape index (κ3) is 12.6. The first kappa shape index (κ1) is 39.2. The minimum Gasteiger partial charge on any atom is -0.465 e. The van der Waals surface area contributed by atoms with Gasteiger partial charge >= 0.3 is 11.9 Å². The molecule has 8 aliphatic rings. The van der Waals surface area contributed by atoms with E-state index in [0.717, 1.165) is 97.6 Å². The summed E-state index contributed by atoms with van der Waals surface area (Å²) < 4.78 is 43.5. The zero-order chi connectivity index (χ0) is 38.6. The molecule has 2 aliphatic carbocycles. The summed E-state index contributed by atoms with van der Waals surface area (Å²) >= 11 is 0. The smallest absolute Gasteiger partial charge is 0.305 e. The molecule has 10 rings (SSSR count). The molecule has 12 nitrogen and oxygen atoms in total. The number of carbonyl (C=O) groups is 2. The van der Waals surface area contributed by atoms with Crippen LogP contribution in [0.4, 0.5) is 11.4 Å². The van der Waals surface area contributed by atoms with Gasteiger partial charge < -0.3 is 47.7 Å². The Morgan fingerprint density at radius 3 is 1.23 bits per heavy atom. The highest BCUT2D eigenvalue weighted by Gasteiger charge is 2.45. The monoisotopic (exact) mass is 788 g/mol. The van der Waals surface area contributed by atoms with Crippen molar-refractivity contribution >= 4 is 23.3 Å². The van der Waals surface area contributed by atoms with Crippen LogP contribution >= 0.6 is 0 Å². The second-order valence-electron chi connectivity index (χ2n) is 17.5. The van der Waals surface area contributed by atoms with E-state index in [1.54, 1.807) is 0 Å². The van der Waals surface area contributed by atoms with Crippen molar-refractivity contribution in [3.63, 3.8) is 0 Å². The summed E-state index contributed by atoms with van der Waals surface area (Å²) in [7, 11) is 0. The van der Waals surface area contributed by atoms with Crippen molar-refractivity contribution < 1.29 is 47.5 Å². The summed E-state index contributed by atoms with van der Waals surface area (Å²) in [6, 6.07) is 17.9. The SMILES string of the molecule is O=C(CCCCC(=O)OCC1CCC2OC2C1)OCC1CCC2OC2C1.c1cc(N(CC2CO2)CC2CO2)ccc1Cc1ccc(N(CC2CO2)CC2CO2)cc1. The number of hydrogen-bond donors (Lipinski definition) is 0. The highest BCUT2D eigenvalue weighted by Crippen LogP contribution is 2.40. The van der Waals surface area contributed by atoms with Crippen LogP contribution in [-0.4, -0.2) is 127 Å². The van der Waals surface area contributed by atoms with Gasteiger partial charge in [0, 0.05) is 50.4 Å². The average molecular weight is 789 g/mol. The number of nitrogens with zero attached hydrogens (tertiary/aromatic N) is 2. The summed E-state index contributed by atoms with van der Waals surface area (Å²) in [5.41, 5.74) is 5.17. The summed E-state index contributed by atoms with van der Waals surface area (Å²) in [5, 5.41) is 0. The molecule has 10 atom stereocenters. The lowest BCUT2D eigenvalue weighted by molar-refractivity contribution is -0.147. The molecule has 0 aromatic heterocycles. The van der Waals surface area contributed by atoms with Gasteiger partial charge in [0.2, 0.25) is 0 Å². The fraction of sp³-hybridized carbons (Fsp3) is 0.689. The van der Waals surface area contributed by atoms with Gasteiger partial charge in [-0.1, -0.05) is 24.3 Å². The zero-order valence-electron chi connectivity index (χ0n) is 33.2. The number of carbonyl (C=O) groups excluding carboxylic acids is 2. The molecule has 2 saturated carbocycles. The lowest BCUT2D eigenvalue weighted by atomic mass is 9.90. The second-order valence-corrected chi connectivity index (χ2v) is 17.5. The Morgan fingerprint density at radius 2 is 0.895 bits per heavy atom. The van der Waals surface area contributed by atoms with Crippen molar-refractivity contribution in [3.8, 4) is 0 Å². The van der Waals surface area contributed by atoms with Gasteiger partial charge in [0.25, 0.3) is 0 Å². The number of ether oxygens (including phenoxy) is 8. The van der Waals surface area contributed by atoms with E-state index in [2.05, 4.69) is 58.3 Å². The quantitative estimate of drug-likeness (QED) is 0.0929. The minimum absolute atomic E-state index is 0.154. The van der Waals surface area contributed by atoms with E-state index < -0.39 is 0 Å². The topological polar surface area (TPSA) is 134 Å². The van der Waals surface area contributed by atoms with E-state index >= 15 is 0 Å². The van der Waals surface area contributed by atoms with Gasteiger partial charge in [-0.2, -0.15) is 0 Å². The van der Waals surface area contributed by atoms with Crippen molar-refractivity contribution in [2.24, 2.45) is 11.8 Å². The average Bonchev–Trinajstić information content (AvgIpc) is 4.00. The van der Waals surface area contributed by atoms with Crippen LogP contribution in [0.3, 0.4) is 0 Å². The largest absolute Gasteiger partial charge is 0.465 e. The van der Waals surface area contributed by atoms with Crippen LogP contribution in [0, 0.1) is 11.8 Å². The summed E-state index contributed by atoms with van der Waals surface area (Å²) in [6.45, 7) is 8.38. The van der Waals surface area contributed by atoms with Crippen molar-refractivity contribution in [1.82, 2.24) is 0 Å². The number of esters is 2. The molecule has 6 aliphatic heterocycles. The molecule has 10 unspecified atom stereocenters. The fourth-order valence-electron chi connectivity index (χ4n) is 8.51. The maximum absolute atomic E-state index is 11.8. The van der Waals surface area contributed by atoms with Gasteiger partial charge in [0.1, 0.15) is 0 Å². The van der Waals surface area contributed by atoms with Gasteiger partial charge in [-0.05, 0) is 105 Å². The van der Waals surface area contributed by atoms with Gasteiger partial charge in [0.15, 0.2) is 0 Å². The number of unbranched alkanes of at least 4 members (excludes halogenated alkanes) is 1. The lowest BCUT2D eigenvalue weighted by Crippen LogP contribution is -2.31. The molecule has 6 saturated heterocycles. The van der Waals surface area contributed by atoms with Crippen LogP contribution in [0.5, 0.6) is 0 Å². The van der Waals surface area contributed by atoms with E-state index in [4.69, 9.17) is 37.9 Å². The zero-order valence-corrected chi connectivity index (χ0v) is 33.2. The van der Waals surface area contributed by atoms with E-state index in [9.17, 15) is 9.59 Å². The van der Waals surface area contributed by atoms with Gasteiger partial charge in [-0.3, -0.25) is 9.59 Å². The predicted octanol–water partition coefficient (Wildman–Crippen LogP) is 5.25. The Balaban J connectivity index is 0.000000151. The lowest BCUT2D eigenvalue weighted by Gasteiger charge is -2.24. The Kier molecular flexibility index (Phi) is 12.6. The van der Waals surface area contributed by atoms with Crippen LogP contribution in [0.15, 0.2) is 48.5 Å². The Morgan fingerprint density at radius 1 is 0.526 bits per heavy atom. The summed E-state index contributed by atoms with van der Waals surface area (Å²) in [6.07, 6.45) is 12.8. The Labute approximate surface area is 336 Å². The standard InChI is InChI=1S/C25H30N2O4.C20H30O6/c1-5-20(26(10-22-14-28-22)11-23-15-29-23)6-2-18(1)9-19-3-7-21(8-4-19)27(12-24-16-30-24)13-25-17-31-25;21-19(23-11-13-5-7-15-17(9-13)25-15)3-1-2-4-20(22)24-12-14-6-8-16-18(10-14)26-16/h1-8,22-25H,9-17H2;13-18H,1-12H2.